The summed E-state index contributed by atoms with van der Waals surface area (Å²) in [5, 5.41) is 0. The molecule has 0 fully saturated rings. The molecule has 1 aromatic carbocycles. The van der Waals surface area contributed by atoms with Gasteiger partial charge >= 0.3 is 0 Å². The van der Waals surface area contributed by atoms with Gasteiger partial charge in [-0.15, -0.1) is 0 Å². The van der Waals surface area contributed by atoms with Crippen molar-refractivity contribution in [2.24, 2.45) is 5.73 Å². The number of hydrogen-bond donors (Lipinski definition) is 1. The maximum absolute atomic E-state index is 13.6. The van der Waals surface area contributed by atoms with Gasteiger partial charge in [0.15, 0.2) is 5.78 Å². The van der Waals surface area contributed by atoms with E-state index in [2.05, 4.69) is 0 Å². The van der Waals surface area contributed by atoms with Gasteiger partial charge in [-0.2, -0.15) is 0 Å². The number of aryl methyl sites for hydroxylation is 1. The molecule has 1 aromatic rings. The number of ketones is 1. The third-order valence-electron chi connectivity index (χ3n) is 2.64. The van der Waals surface area contributed by atoms with Crippen molar-refractivity contribution in [2.75, 3.05) is 6.54 Å². The van der Waals surface area contributed by atoms with E-state index in [1.54, 1.807) is 13.0 Å². The van der Waals surface area contributed by atoms with E-state index in [0.717, 1.165) is 0 Å². The van der Waals surface area contributed by atoms with Crippen molar-refractivity contribution >= 4 is 5.78 Å². The van der Waals surface area contributed by atoms with Gasteiger partial charge in [-0.3, -0.25) is 4.79 Å². The van der Waals surface area contributed by atoms with E-state index in [1.807, 2.05) is 13.8 Å². The number of hydrogen-bond acceptors (Lipinski definition) is 2. The molecule has 0 saturated heterocycles. The Balaban J connectivity index is 3.19. The standard InChI is InChI=1S/C13H18FNO/c1-8(2)10-7-11(13(16)4-5-15)9(3)6-12(10)14/h6-8H,4-5,15H2,1-3H3. The first-order valence-corrected chi connectivity index (χ1v) is 5.50. The van der Waals surface area contributed by atoms with Crippen LogP contribution in [0.1, 0.15) is 47.7 Å². The van der Waals surface area contributed by atoms with Crippen LogP contribution in [-0.4, -0.2) is 12.3 Å². The lowest BCUT2D eigenvalue weighted by molar-refractivity contribution is 0.0984. The van der Waals surface area contributed by atoms with Crippen LogP contribution >= 0.6 is 0 Å². The molecule has 2 nitrogen and oxygen atoms in total. The Morgan fingerprint density at radius 1 is 1.44 bits per heavy atom. The summed E-state index contributed by atoms with van der Waals surface area (Å²) in [7, 11) is 0. The molecule has 1 rings (SSSR count). The van der Waals surface area contributed by atoms with Crippen molar-refractivity contribution in [3.05, 3.63) is 34.6 Å². The quantitative estimate of drug-likeness (QED) is 0.797. The number of Topliss-reactive ketones (excluding diaryl/α,β-unsaturated/α-hetero) is 1. The lowest BCUT2D eigenvalue weighted by Gasteiger charge is -2.11. The van der Waals surface area contributed by atoms with Crippen molar-refractivity contribution in [3.63, 3.8) is 0 Å². The van der Waals surface area contributed by atoms with Gasteiger partial charge in [0, 0.05) is 12.0 Å². The van der Waals surface area contributed by atoms with Gasteiger partial charge in [0.05, 0.1) is 0 Å². The average molecular weight is 223 g/mol. The average Bonchev–Trinajstić information content (AvgIpc) is 2.17. The number of carbonyl (C=O) groups excluding carboxylic acids is 1. The fraction of sp³-hybridized carbons (Fsp3) is 0.462. The summed E-state index contributed by atoms with van der Waals surface area (Å²) in [6.45, 7) is 5.89. The molecule has 0 saturated carbocycles. The molecule has 0 unspecified atom stereocenters. The van der Waals surface area contributed by atoms with Crippen LogP contribution in [0.15, 0.2) is 12.1 Å². The normalized spacial score (nSPS) is 10.9. The Morgan fingerprint density at radius 2 is 2.06 bits per heavy atom. The van der Waals surface area contributed by atoms with Crippen LogP contribution in [0.25, 0.3) is 0 Å². The lowest BCUT2D eigenvalue weighted by Crippen LogP contribution is -2.10. The second-order valence-corrected chi connectivity index (χ2v) is 4.31. The highest BCUT2D eigenvalue weighted by Crippen LogP contribution is 2.23. The highest BCUT2D eigenvalue weighted by molar-refractivity contribution is 5.97. The molecule has 0 aliphatic rings. The van der Waals surface area contributed by atoms with E-state index in [0.29, 0.717) is 29.7 Å². The van der Waals surface area contributed by atoms with E-state index in [4.69, 9.17) is 5.73 Å². The van der Waals surface area contributed by atoms with Crippen molar-refractivity contribution < 1.29 is 9.18 Å². The summed E-state index contributed by atoms with van der Waals surface area (Å²) in [6, 6.07) is 3.09. The van der Waals surface area contributed by atoms with Crippen LogP contribution in [0.4, 0.5) is 4.39 Å². The molecule has 2 N–H and O–H groups in total. The van der Waals surface area contributed by atoms with Crippen LogP contribution in [-0.2, 0) is 0 Å². The fourth-order valence-electron chi connectivity index (χ4n) is 1.70. The minimum absolute atomic E-state index is 0.0121. The molecule has 0 spiro atoms. The third-order valence-corrected chi connectivity index (χ3v) is 2.64. The molecular weight excluding hydrogens is 205 g/mol. The Kier molecular flexibility index (Phi) is 4.19. The van der Waals surface area contributed by atoms with E-state index < -0.39 is 0 Å². The zero-order valence-corrected chi connectivity index (χ0v) is 10.0. The Bertz CT molecular complexity index is 399. The van der Waals surface area contributed by atoms with Gasteiger partial charge in [0.25, 0.3) is 0 Å². The van der Waals surface area contributed by atoms with Crippen LogP contribution in [0.3, 0.4) is 0 Å². The Morgan fingerprint density at radius 3 is 2.56 bits per heavy atom. The third kappa shape index (κ3) is 2.67. The zero-order valence-electron chi connectivity index (χ0n) is 10.0. The smallest absolute Gasteiger partial charge is 0.164 e. The molecule has 0 atom stereocenters. The Hall–Kier alpha value is -1.22. The van der Waals surface area contributed by atoms with Gasteiger partial charge < -0.3 is 5.73 Å². The predicted octanol–water partition coefficient (Wildman–Crippen LogP) is 2.79. The van der Waals surface area contributed by atoms with Crippen molar-refractivity contribution in [1.82, 2.24) is 0 Å². The second kappa shape index (κ2) is 5.21. The maximum atomic E-state index is 13.6. The van der Waals surface area contributed by atoms with Crippen LogP contribution in [0.2, 0.25) is 0 Å². The maximum Gasteiger partial charge on any atom is 0.164 e. The van der Waals surface area contributed by atoms with Gasteiger partial charge in [-0.25, -0.2) is 4.39 Å². The monoisotopic (exact) mass is 223 g/mol. The SMILES string of the molecule is Cc1cc(F)c(C(C)C)cc1C(=O)CCN. The van der Waals surface area contributed by atoms with E-state index in [1.165, 1.54) is 6.07 Å². The summed E-state index contributed by atoms with van der Waals surface area (Å²) in [5.74, 6) is -0.177. The highest BCUT2D eigenvalue weighted by atomic mass is 19.1. The Labute approximate surface area is 95.7 Å². The molecular formula is C13H18FNO. The number of carbonyl (C=O) groups is 1. The second-order valence-electron chi connectivity index (χ2n) is 4.31. The van der Waals surface area contributed by atoms with E-state index in [-0.39, 0.29) is 17.5 Å². The first-order chi connectivity index (χ1) is 7.47. The first-order valence-electron chi connectivity index (χ1n) is 5.50. The minimum Gasteiger partial charge on any atom is -0.330 e. The topological polar surface area (TPSA) is 43.1 Å². The largest absolute Gasteiger partial charge is 0.330 e. The van der Waals surface area contributed by atoms with E-state index >= 15 is 0 Å². The van der Waals surface area contributed by atoms with E-state index in [9.17, 15) is 9.18 Å². The summed E-state index contributed by atoms with van der Waals surface area (Å²) in [5.41, 5.74) is 7.21. The fourth-order valence-corrected chi connectivity index (χ4v) is 1.70. The summed E-state index contributed by atoms with van der Waals surface area (Å²) >= 11 is 0. The number of benzene rings is 1. The number of nitrogens with two attached hydrogens (primary N) is 1. The minimum atomic E-state index is -0.239. The predicted molar refractivity (Wildman–Crippen MR) is 63.2 cm³/mol. The number of rotatable bonds is 4. The lowest BCUT2D eigenvalue weighted by atomic mass is 9.94. The first kappa shape index (κ1) is 12.8. The number of halogens is 1. The molecule has 0 heterocycles. The summed E-state index contributed by atoms with van der Waals surface area (Å²) in [4.78, 5) is 11.7. The van der Waals surface area contributed by atoms with Gasteiger partial charge in [0.2, 0.25) is 0 Å². The van der Waals surface area contributed by atoms with Crippen LogP contribution in [0, 0.1) is 12.7 Å². The molecule has 3 heteroatoms. The van der Waals surface area contributed by atoms with Crippen molar-refractivity contribution in [3.8, 4) is 0 Å². The zero-order chi connectivity index (χ0) is 12.3. The van der Waals surface area contributed by atoms with Gasteiger partial charge in [-0.05, 0) is 42.6 Å². The molecule has 0 aliphatic heterocycles. The van der Waals surface area contributed by atoms with Crippen LogP contribution in [0.5, 0.6) is 0 Å². The van der Waals surface area contributed by atoms with Crippen molar-refractivity contribution in [1.29, 1.82) is 0 Å². The van der Waals surface area contributed by atoms with Crippen molar-refractivity contribution in [2.45, 2.75) is 33.1 Å². The molecule has 0 aromatic heterocycles. The molecule has 0 radical (unpaired) electrons. The van der Waals surface area contributed by atoms with Crippen LogP contribution < -0.4 is 5.73 Å². The highest BCUT2D eigenvalue weighted by Gasteiger charge is 2.14. The summed E-state index contributed by atoms with van der Waals surface area (Å²) < 4.78 is 13.6. The molecule has 0 bridgehead atoms. The van der Waals surface area contributed by atoms with Gasteiger partial charge in [0.1, 0.15) is 5.82 Å². The molecule has 0 aliphatic carbocycles. The molecule has 0 amide bonds. The van der Waals surface area contributed by atoms with Gasteiger partial charge in [-0.1, -0.05) is 13.8 Å². The molecule has 88 valence electrons. The molecule has 16 heavy (non-hydrogen) atoms. The summed E-state index contributed by atoms with van der Waals surface area (Å²) in [6.07, 6.45) is 0.310.